The van der Waals surface area contributed by atoms with Crippen LogP contribution in [-0.2, 0) is 33.4 Å². The van der Waals surface area contributed by atoms with E-state index in [2.05, 4.69) is 55.3 Å². The highest BCUT2D eigenvalue weighted by molar-refractivity contribution is 5.92. The summed E-state index contributed by atoms with van der Waals surface area (Å²) in [4.78, 5) is 42.6. The molecule has 2 rings (SSSR count). The fourth-order valence-electron chi connectivity index (χ4n) is 3.71. The van der Waals surface area contributed by atoms with E-state index < -0.39 is 5.97 Å². The largest absolute Gasteiger partial charge is 0.494 e. The Bertz CT molecular complexity index is 1130. The second-order valence-corrected chi connectivity index (χ2v) is 9.80. The summed E-state index contributed by atoms with van der Waals surface area (Å²) in [5.74, 6) is 0.0631. The molecule has 0 aliphatic rings. The first kappa shape index (κ1) is 39.1. The fourth-order valence-corrected chi connectivity index (χ4v) is 3.71. The smallest absolute Gasteiger partial charge is 0.330 e. The molecule has 46 heavy (non-hydrogen) atoms. The lowest BCUT2D eigenvalue weighted by Gasteiger charge is -2.09. The molecule has 9 heteroatoms. The molecular weight excluding hydrogens is 588 g/mol. The molecule has 0 aliphatic heterocycles. The molecule has 0 unspecified atom stereocenters. The Labute approximate surface area is 272 Å². The van der Waals surface area contributed by atoms with Crippen molar-refractivity contribution in [3.8, 4) is 22.6 Å². The Morgan fingerprint density at radius 1 is 0.457 bits per heavy atom. The maximum Gasteiger partial charge on any atom is 0.330 e. The summed E-state index contributed by atoms with van der Waals surface area (Å²) >= 11 is 0. The Kier molecular flexibility index (Phi) is 21.6. The van der Waals surface area contributed by atoms with Crippen LogP contribution in [0.15, 0.2) is 99.2 Å². The first-order valence-corrected chi connectivity index (χ1v) is 15.3. The Balaban J connectivity index is 0.000000908. The van der Waals surface area contributed by atoms with Gasteiger partial charge in [-0.05, 0) is 92.8 Å². The standard InChI is InChI=1S/C30H38O6.C7H8O3/c1-3-29(31)35-23-11-7-5-9-21-33-27-17-13-25(14-18-27)26-15-19-28(20-16-26)34-22-10-6-8-12-24-36-30(32)4-2;1-3-6(8)5-10-7(9)4-2/h3-4,13-20H,1-2,5-12,21-24H2;3-4H,1-2,5H2. The second-order valence-electron chi connectivity index (χ2n) is 9.80. The SMILES string of the molecule is C=CC(=O)COC(=O)C=C.C=CC(=O)OCCCCCCOc1ccc(-c2ccc(OCCCCCCOC(=O)C=C)cc2)cc1. The number of hydrogen-bond donors (Lipinski definition) is 0. The van der Waals surface area contributed by atoms with Crippen molar-refractivity contribution in [2.24, 2.45) is 0 Å². The van der Waals surface area contributed by atoms with Crippen LogP contribution < -0.4 is 9.47 Å². The number of unbranched alkanes of at least 4 members (excludes halogenated alkanes) is 6. The van der Waals surface area contributed by atoms with E-state index >= 15 is 0 Å². The molecule has 0 radical (unpaired) electrons. The lowest BCUT2D eigenvalue weighted by molar-refractivity contribution is -0.141. The monoisotopic (exact) mass is 634 g/mol. The minimum atomic E-state index is -0.602. The van der Waals surface area contributed by atoms with Gasteiger partial charge >= 0.3 is 17.9 Å². The quantitative estimate of drug-likeness (QED) is 0.0543. The van der Waals surface area contributed by atoms with Crippen molar-refractivity contribution in [1.29, 1.82) is 0 Å². The number of carbonyl (C=O) groups excluding carboxylic acids is 4. The van der Waals surface area contributed by atoms with Crippen LogP contribution in [0.25, 0.3) is 11.1 Å². The molecule has 0 saturated heterocycles. The molecule has 0 spiro atoms. The first-order chi connectivity index (χ1) is 22.3. The van der Waals surface area contributed by atoms with Gasteiger partial charge < -0.3 is 23.7 Å². The van der Waals surface area contributed by atoms with Crippen LogP contribution in [-0.4, -0.2) is 56.7 Å². The van der Waals surface area contributed by atoms with E-state index in [-0.39, 0.29) is 24.3 Å². The summed E-state index contributed by atoms with van der Waals surface area (Å²) in [5.41, 5.74) is 2.25. The Hall–Kier alpha value is -4.92. The van der Waals surface area contributed by atoms with Crippen molar-refractivity contribution in [2.45, 2.75) is 51.4 Å². The first-order valence-electron chi connectivity index (χ1n) is 15.3. The van der Waals surface area contributed by atoms with E-state index in [4.69, 9.17) is 18.9 Å². The maximum absolute atomic E-state index is 11.0. The average Bonchev–Trinajstić information content (AvgIpc) is 3.09. The van der Waals surface area contributed by atoms with Gasteiger partial charge in [-0.15, -0.1) is 0 Å². The molecular formula is C37H46O9. The van der Waals surface area contributed by atoms with Crippen molar-refractivity contribution < 1.29 is 42.9 Å². The van der Waals surface area contributed by atoms with Gasteiger partial charge in [0.05, 0.1) is 26.4 Å². The lowest BCUT2D eigenvalue weighted by atomic mass is 10.1. The van der Waals surface area contributed by atoms with Crippen LogP contribution in [0.2, 0.25) is 0 Å². The third kappa shape index (κ3) is 19.4. The predicted octanol–water partition coefficient (Wildman–Crippen LogP) is 7.16. The molecule has 0 N–H and O–H groups in total. The molecule has 9 nitrogen and oxygen atoms in total. The predicted molar refractivity (Wildman–Crippen MR) is 178 cm³/mol. The molecule has 0 bridgehead atoms. The van der Waals surface area contributed by atoms with Crippen LogP contribution in [0, 0.1) is 0 Å². The molecule has 2 aromatic rings. The number of carbonyl (C=O) groups is 4. The number of esters is 3. The highest BCUT2D eigenvalue weighted by Crippen LogP contribution is 2.25. The Morgan fingerprint density at radius 2 is 0.804 bits per heavy atom. The fraction of sp³-hybridized carbons (Fsp3) is 0.351. The van der Waals surface area contributed by atoms with Crippen LogP contribution >= 0.6 is 0 Å². The molecule has 2 aromatic carbocycles. The van der Waals surface area contributed by atoms with Gasteiger partial charge in [-0.1, -0.05) is 50.6 Å². The van der Waals surface area contributed by atoms with Crippen LogP contribution in [0.3, 0.4) is 0 Å². The minimum absolute atomic E-state index is 0.256. The van der Waals surface area contributed by atoms with Crippen molar-refractivity contribution in [2.75, 3.05) is 33.0 Å². The third-order valence-electron chi connectivity index (χ3n) is 6.23. The van der Waals surface area contributed by atoms with Gasteiger partial charge in [0.25, 0.3) is 0 Å². The van der Waals surface area contributed by atoms with E-state index in [1.165, 1.54) is 12.2 Å². The highest BCUT2D eigenvalue weighted by Gasteiger charge is 2.02. The van der Waals surface area contributed by atoms with Gasteiger partial charge in [0, 0.05) is 18.2 Å². The van der Waals surface area contributed by atoms with Crippen molar-refractivity contribution in [1.82, 2.24) is 0 Å². The lowest BCUT2D eigenvalue weighted by Crippen LogP contribution is -2.09. The summed E-state index contributed by atoms with van der Waals surface area (Å²) < 4.78 is 26.0. The summed E-state index contributed by atoms with van der Waals surface area (Å²) in [6.45, 7) is 15.1. The number of ether oxygens (including phenoxy) is 5. The molecule has 0 atom stereocenters. The summed E-state index contributed by atoms with van der Waals surface area (Å²) in [6.07, 6.45) is 12.2. The minimum Gasteiger partial charge on any atom is -0.494 e. The molecule has 0 amide bonds. The van der Waals surface area contributed by atoms with Crippen molar-refractivity contribution in [3.63, 3.8) is 0 Å². The zero-order chi connectivity index (χ0) is 33.8. The maximum atomic E-state index is 11.0. The number of benzene rings is 2. The van der Waals surface area contributed by atoms with Gasteiger partial charge in [-0.25, -0.2) is 14.4 Å². The zero-order valence-corrected chi connectivity index (χ0v) is 26.6. The van der Waals surface area contributed by atoms with Crippen LogP contribution in [0.1, 0.15) is 51.4 Å². The van der Waals surface area contributed by atoms with E-state index in [9.17, 15) is 19.2 Å². The average molecular weight is 635 g/mol. The van der Waals surface area contributed by atoms with Crippen molar-refractivity contribution >= 4 is 23.7 Å². The topological polar surface area (TPSA) is 114 Å². The van der Waals surface area contributed by atoms with Gasteiger partial charge in [-0.3, -0.25) is 4.79 Å². The molecule has 0 saturated carbocycles. The van der Waals surface area contributed by atoms with Gasteiger partial charge in [0.2, 0.25) is 0 Å². The molecule has 0 aliphatic carbocycles. The summed E-state index contributed by atoms with van der Waals surface area (Å²) in [5, 5.41) is 0. The van der Waals surface area contributed by atoms with Gasteiger partial charge in [0.15, 0.2) is 12.4 Å². The summed E-state index contributed by atoms with van der Waals surface area (Å²) in [7, 11) is 0. The molecule has 0 heterocycles. The normalized spacial score (nSPS) is 9.83. The Morgan fingerprint density at radius 3 is 1.15 bits per heavy atom. The molecule has 0 aromatic heterocycles. The van der Waals surface area contributed by atoms with E-state index in [1.54, 1.807) is 0 Å². The van der Waals surface area contributed by atoms with E-state index in [0.717, 1.165) is 86.1 Å². The van der Waals surface area contributed by atoms with Gasteiger partial charge in [0.1, 0.15) is 11.5 Å². The molecule has 248 valence electrons. The highest BCUT2D eigenvalue weighted by atomic mass is 16.5. The van der Waals surface area contributed by atoms with Crippen molar-refractivity contribution in [3.05, 3.63) is 99.2 Å². The number of hydrogen-bond acceptors (Lipinski definition) is 9. The van der Waals surface area contributed by atoms with E-state index in [0.29, 0.717) is 26.4 Å². The van der Waals surface area contributed by atoms with Gasteiger partial charge in [-0.2, -0.15) is 0 Å². The van der Waals surface area contributed by atoms with E-state index in [1.807, 2.05) is 24.3 Å². The second kappa shape index (κ2) is 25.4. The third-order valence-corrected chi connectivity index (χ3v) is 6.23. The summed E-state index contributed by atoms with van der Waals surface area (Å²) in [6, 6.07) is 16.2. The zero-order valence-electron chi connectivity index (χ0n) is 26.6. The number of ketones is 1. The van der Waals surface area contributed by atoms with Crippen LogP contribution in [0.4, 0.5) is 0 Å². The molecule has 0 fully saturated rings. The number of rotatable bonds is 23. The van der Waals surface area contributed by atoms with Crippen LogP contribution in [0.5, 0.6) is 11.5 Å².